The summed E-state index contributed by atoms with van der Waals surface area (Å²) in [4.78, 5) is 27.4. The van der Waals surface area contributed by atoms with Gasteiger partial charge in [0.05, 0.1) is 0 Å². The molecule has 2 heterocycles. The third-order valence-electron chi connectivity index (χ3n) is 3.66. The van der Waals surface area contributed by atoms with Crippen LogP contribution in [0.4, 0.5) is 5.82 Å². The molecule has 1 fully saturated rings. The molecule has 0 bridgehead atoms. The number of aromatic amines is 1. The Kier molecular flexibility index (Phi) is 3.86. The van der Waals surface area contributed by atoms with Crippen molar-refractivity contribution in [3.8, 4) is 0 Å². The molecule has 0 aliphatic carbocycles. The van der Waals surface area contributed by atoms with Crippen LogP contribution in [-0.2, 0) is 6.54 Å². The number of hydrogen-bond acceptors (Lipinski definition) is 4. The van der Waals surface area contributed by atoms with Crippen molar-refractivity contribution in [2.75, 3.05) is 25.4 Å². The zero-order valence-corrected chi connectivity index (χ0v) is 10.7. The molecule has 0 saturated carbocycles. The molecule has 1 aliphatic heterocycles. The topological polar surface area (TPSA) is 84.1 Å². The Labute approximate surface area is 105 Å². The Hall–Kier alpha value is -1.56. The van der Waals surface area contributed by atoms with E-state index in [9.17, 15) is 9.59 Å². The summed E-state index contributed by atoms with van der Waals surface area (Å²) in [5.41, 5.74) is 4.89. The van der Waals surface area contributed by atoms with Gasteiger partial charge in [-0.1, -0.05) is 6.92 Å². The summed E-state index contributed by atoms with van der Waals surface area (Å²) in [6, 6.07) is 1.27. The lowest BCUT2D eigenvalue weighted by atomic mass is 9.97. The van der Waals surface area contributed by atoms with Crippen LogP contribution in [0.2, 0.25) is 0 Å². The molecule has 0 spiro atoms. The number of nitrogen functional groups attached to an aromatic ring is 1. The quantitative estimate of drug-likeness (QED) is 0.783. The van der Waals surface area contributed by atoms with Crippen LogP contribution in [0.1, 0.15) is 19.8 Å². The van der Waals surface area contributed by atoms with Crippen LogP contribution >= 0.6 is 0 Å². The first-order chi connectivity index (χ1) is 8.60. The van der Waals surface area contributed by atoms with Gasteiger partial charge in [0.25, 0.3) is 5.56 Å². The molecule has 0 aromatic carbocycles. The SMILES string of the molecule is CCN1CCC(Cn2c(N)cc(=O)[nH]c2=O)CC1. The minimum absolute atomic E-state index is 0.252. The molecule has 18 heavy (non-hydrogen) atoms. The van der Waals surface area contributed by atoms with Crippen molar-refractivity contribution < 1.29 is 0 Å². The van der Waals surface area contributed by atoms with E-state index in [-0.39, 0.29) is 5.82 Å². The number of likely N-dealkylation sites (tertiary alicyclic amines) is 1. The average molecular weight is 252 g/mol. The first-order valence-corrected chi connectivity index (χ1v) is 6.42. The van der Waals surface area contributed by atoms with Crippen LogP contribution in [0.3, 0.4) is 0 Å². The van der Waals surface area contributed by atoms with Crippen molar-refractivity contribution in [3.05, 3.63) is 26.9 Å². The molecular formula is C12H20N4O2. The highest BCUT2D eigenvalue weighted by Crippen LogP contribution is 2.18. The standard InChI is InChI=1S/C12H20N4O2/c1-2-15-5-3-9(4-6-15)8-16-10(13)7-11(17)14-12(16)18/h7,9H,2-6,8,13H2,1H3,(H,14,17,18). The molecule has 0 unspecified atom stereocenters. The predicted molar refractivity (Wildman–Crippen MR) is 70.6 cm³/mol. The Morgan fingerprint density at radius 3 is 2.61 bits per heavy atom. The molecule has 2 rings (SSSR count). The number of nitrogens with zero attached hydrogens (tertiary/aromatic N) is 2. The minimum Gasteiger partial charge on any atom is -0.385 e. The van der Waals surface area contributed by atoms with E-state index in [1.165, 1.54) is 10.6 Å². The number of aromatic nitrogens is 2. The fraction of sp³-hybridized carbons (Fsp3) is 0.667. The fourth-order valence-electron chi connectivity index (χ4n) is 2.47. The van der Waals surface area contributed by atoms with Crippen LogP contribution in [0.15, 0.2) is 15.7 Å². The number of nitrogens with two attached hydrogens (primary N) is 1. The molecule has 1 saturated heterocycles. The summed E-state index contributed by atoms with van der Waals surface area (Å²) in [5.74, 6) is 0.709. The van der Waals surface area contributed by atoms with E-state index in [4.69, 9.17) is 5.73 Å². The maximum Gasteiger partial charge on any atom is 0.329 e. The van der Waals surface area contributed by atoms with E-state index in [1.54, 1.807) is 0 Å². The lowest BCUT2D eigenvalue weighted by Gasteiger charge is -2.31. The minimum atomic E-state index is -0.436. The molecule has 1 aromatic rings. The van der Waals surface area contributed by atoms with Gasteiger partial charge in [-0.3, -0.25) is 14.3 Å². The molecule has 100 valence electrons. The fourth-order valence-corrected chi connectivity index (χ4v) is 2.47. The summed E-state index contributed by atoms with van der Waals surface area (Å²) in [7, 11) is 0. The van der Waals surface area contributed by atoms with E-state index in [0.717, 1.165) is 32.5 Å². The van der Waals surface area contributed by atoms with Gasteiger partial charge in [-0.25, -0.2) is 4.79 Å². The Bertz CT molecular complexity index is 512. The van der Waals surface area contributed by atoms with Gasteiger partial charge in [-0.2, -0.15) is 0 Å². The molecule has 1 aliphatic rings. The molecule has 0 amide bonds. The third kappa shape index (κ3) is 2.81. The van der Waals surface area contributed by atoms with Gasteiger partial charge in [-0.15, -0.1) is 0 Å². The van der Waals surface area contributed by atoms with Crippen LogP contribution in [0.25, 0.3) is 0 Å². The van der Waals surface area contributed by atoms with Gasteiger partial charge in [0.15, 0.2) is 0 Å². The predicted octanol–water partition coefficient (Wildman–Crippen LogP) is -0.149. The molecule has 6 heteroatoms. The summed E-state index contributed by atoms with van der Waals surface area (Å²) >= 11 is 0. The van der Waals surface area contributed by atoms with Crippen molar-refractivity contribution in [1.29, 1.82) is 0 Å². The third-order valence-corrected chi connectivity index (χ3v) is 3.66. The van der Waals surface area contributed by atoms with E-state index in [1.807, 2.05) is 0 Å². The lowest BCUT2D eigenvalue weighted by molar-refractivity contribution is 0.180. The smallest absolute Gasteiger partial charge is 0.329 e. The molecule has 3 N–H and O–H groups in total. The molecule has 6 nitrogen and oxygen atoms in total. The van der Waals surface area contributed by atoms with Crippen LogP contribution in [-0.4, -0.2) is 34.1 Å². The Morgan fingerprint density at radius 1 is 1.39 bits per heavy atom. The first kappa shape index (κ1) is 12.9. The second kappa shape index (κ2) is 5.39. The Balaban J connectivity index is 2.07. The highest BCUT2D eigenvalue weighted by molar-refractivity contribution is 5.26. The number of piperidine rings is 1. The number of rotatable bonds is 3. The normalized spacial score (nSPS) is 18.1. The zero-order valence-electron chi connectivity index (χ0n) is 10.7. The van der Waals surface area contributed by atoms with Crippen molar-refractivity contribution in [3.63, 3.8) is 0 Å². The monoisotopic (exact) mass is 252 g/mol. The van der Waals surface area contributed by atoms with Crippen molar-refractivity contribution in [2.24, 2.45) is 5.92 Å². The van der Waals surface area contributed by atoms with Crippen molar-refractivity contribution >= 4 is 5.82 Å². The highest BCUT2D eigenvalue weighted by atomic mass is 16.2. The summed E-state index contributed by atoms with van der Waals surface area (Å²) in [6.45, 7) is 5.97. The maximum absolute atomic E-state index is 11.7. The van der Waals surface area contributed by atoms with E-state index in [2.05, 4.69) is 16.8 Å². The van der Waals surface area contributed by atoms with Crippen LogP contribution < -0.4 is 17.0 Å². The van der Waals surface area contributed by atoms with E-state index < -0.39 is 11.2 Å². The Morgan fingerprint density at radius 2 is 2.06 bits per heavy atom. The highest BCUT2D eigenvalue weighted by Gasteiger charge is 2.19. The second-order valence-corrected chi connectivity index (χ2v) is 4.85. The average Bonchev–Trinajstić information content (AvgIpc) is 2.34. The second-order valence-electron chi connectivity index (χ2n) is 4.85. The molecular weight excluding hydrogens is 232 g/mol. The first-order valence-electron chi connectivity index (χ1n) is 6.42. The maximum atomic E-state index is 11.7. The van der Waals surface area contributed by atoms with Gasteiger partial charge in [-0.05, 0) is 38.4 Å². The van der Waals surface area contributed by atoms with Crippen molar-refractivity contribution in [2.45, 2.75) is 26.3 Å². The number of H-pyrrole nitrogens is 1. The van der Waals surface area contributed by atoms with E-state index in [0.29, 0.717) is 12.5 Å². The molecule has 0 radical (unpaired) electrons. The van der Waals surface area contributed by atoms with Crippen LogP contribution in [0.5, 0.6) is 0 Å². The number of anilines is 1. The van der Waals surface area contributed by atoms with Gasteiger partial charge in [0.2, 0.25) is 0 Å². The van der Waals surface area contributed by atoms with E-state index >= 15 is 0 Å². The molecule has 1 aromatic heterocycles. The van der Waals surface area contributed by atoms with Gasteiger partial charge < -0.3 is 10.6 Å². The summed E-state index contributed by atoms with van der Waals surface area (Å²) in [6.07, 6.45) is 2.14. The van der Waals surface area contributed by atoms with Crippen LogP contribution in [0, 0.1) is 5.92 Å². The van der Waals surface area contributed by atoms with Gasteiger partial charge in [0, 0.05) is 12.6 Å². The largest absolute Gasteiger partial charge is 0.385 e. The summed E-state index contributed by atoms with van der Waals surface area (Å²) in [5, 5.41) is 0. The number of nitrogens with one attached hydrogen (secondary N) is 1. The van der Waals surface area contributed by atoms with Crippen molar-refractivity contribution in [1.82, 2.24) is 14.5 Å². The summed E-state index contributed by atoms with van der Waals surface area (Å²) < 4.78 is 1.47. The number of hydrogen-bond donors (Lipinski definition) is 2. The van der Waals surface area contributed by atoms with Gasteiger partial charge in [0.1, 0.15) is 5.82 Å². The molecule has 0 atom stereocenters. The lowest BCUT2D eigenvalue weighted by Crippen LogP contribution is -2.38. The zero-order chi connectivity index (χ0) is 13.1. The van der Waals surface area contributed by atoms with Gasteiger partial charge >= 0.3 is 5.69 Å².